The molecule has 2 nitrogen and oxygen atoms in total. The van der Waals surface area contributed by atoms with Crippen molar-refractivity contribution in [2.24, 2.45) is 11.8 Å². The third-order valence-electron chi connectivity index (χ3n) is 3.34. The van der Waals surface area contributed by atoms with E-state index in [9.17, 15) is 0 Å². The fourth-order valence-corrected chi connectivity index (χ4v) is 2.65. The maximum absolute atomic E-state index is 5.50. The maximum atomic E-state index is 5.50. The molecule has 0 unspecified atom stereocenters. The molecule has 0 amide bonds. The van der Waals surface area contributed by atoms with Gasteiger partial charge in [0.25, 0.3) is 0 Å². The van der Waals surface area contributed by atoms with Crippen molar-refractivity contribution in [1.29, 1.82) is 0 Å². The van der Waals surface area contributed by atoms with Crippen LogP contribution in [-0.4, -0.2) is 19.5 Å². The minimum Gasteiger partial charge on any atom is -0.350 e. The third-order valence-corrected chi connectivity index (χ3v) is 3.34. The first-order valence-corrected chi connectivity index (χ1v) is 5.76. The molecule has 0 bridgehead atoms. The van der Waals surface area contributed by atoms with Crippen molar-refractivity contribution < 1.29 is 9.47 Å². The Bertz CT molecular complexity index is 194. The molecule has 0 aromatic rings. The zero-order valence-electron chi connectivity index (χ0n) is 8.95. The summed E-state index contributed by atoms with van der Waals surface area (Å²) in [6.45, 7) is 3.68. The minimum atomic E-state index is 0.0888. The average Bonchev–Trinajstić information content (AvgIpc) is 2.80. The summed E-state index contributed by atoms with van der Waals surface area (Å²) in [7, 11) is 0. The van der Waals surface area contributed by atoms with Gasteiger partial charge in [0.2, 0.25) is 0 Å². The highest BCUT2D eigenvalue weighted by Gasteiger charge is 2.29. The summed E-state index contributed by atoms with van der Waals surface area (Å²) in [5.41, 5.74) is 0. The van der Waals surface area contributed by atoms with E-state index in [0.717, 1.165) is 31.5 Å². The molecule has 0 aromatic heterocycles. The molecular formula is C12H20O2. The van der Waals surface area contributed by atoms with E-state index in [0.29, 0.717) is 0 Å². The second kappa shape index (κ2) is 4.94. The highest BCUT2D eigenvalue weighted by Crippen LogP contribution is 2.36. The molecule has 1 saturated heterocycles. The van der Waals surface area contributed by atoms with Gasteiger partial charge in [0.15, 0.2) is 6.29 Å². The molecular weight excluding hydrogens is 176 g/mol. The van der Waals surface area contributed by atoms with Gasteiger partial charge < -0.3 is 9.47 Å². The van der Waals surface area contributed by atoms with E-state index in [1.165, 1.54) is 19.3 Å². The van der Waals surface area contributed by atoms with Gasteiger partial charge in [-0.3, -0.25) is 0 Å². The smallest absolute Gasteiger partial charge is 0.158 e. The van der Waals surface area contributed by atoms with Crippen LogP contribution in [0.3, 0.4) is 0 Å². The number of rotatable bonds is 3. The van der Waals surface area contributed by atoms with Crippen LogP contribution in [0.4, 0.5) is 0 Å². The van der Waals surface area contributed by atoms with Crippen molar-refractivity contribution in [1.82, 2.24) is 0 Å². The van der Waals surface area contributed by atoms with E-state index in [1.807, 2.05) is 0 Å². The van der Waals surface area contributed by atoms with E-state index in [2.05, 4.69) is 19.1 Å². The van der Waals surface area contributed by atoms with Gasteiger partial charge in [0.05, 0.1) is 13.2 Å². The fraction of sp³-hybridized carbons (Fsp3) is 0.833. The highest BCUT2D eigenvalue weighted by atomic mass is 16.7. The predicted octanol–water partition coefficient (Wildman–Crippen LogP) is 2.74. The molecule has 80 valence electrons. The summed E-state index contributed by atoms with van der Waals surface area (Å²) in [6, 6.07) is 0. The summed E-state index contributed by atoms with van der Waals surface area (Å²) < 4.78 is 11.0. The molecule has 2 aliphatic rings. The monoisotopic (exact) mass is 196 g/mol. The molecule has 0 aromatic carbocycles. The molecule has 2 fully saturated rings. The van der Waals surface area contributed by atoms with Crippen LogP contribution in [0.1, 0.15) is 32.6 Å². The lowest BCUT2D eigenvalue weighted by atomic mass is 9.92. The third kappa shape index (κ3) is 2.37. The van der Waals surface area contributed by atoms with Crippen molar-refractivity contribution in [3.63, 3.8) is 0 Å². The molecule has 1 aliphatic carbocycles. The van der Waals surface area contributed by atoms with Crippen LogP contribution in [0.2, 0.25) is 0 Å². The fourth-order valence-electron chi connectivity index (χ4n) is 2.65. The van der Waals surface area contributed by atoms with Crippen LogP contribution >= 0.6 is 0 Å². The van der Waals surface area contributed by atoms with Crippen molar-refractivity contribution in [2.45, 2.75) is 38.9 Å². The zero-order chi connectivity index (χ0) is 9.80. The molecule has 0 radical (unpaired) electrons. The normalized spacial score (nSPS) is 34.6. The van der Waals surface area contributed by atoms with E-state index in [1.54, 1.807) is 0 Å². The lowest BCUT2D eigenvalue weighted by Crippen LogP contribution is -2.16. The van der Waals surface area contributed by atoms with E-state index >= 15 is 0 Å². The summed E-state index contributed by atoms with van der Waals surface area (Å²) in [5.74, 6) is 1.56. The van der Waals surface area contributed by atoms with Gasteiger partial charge in [-0.1, -0.05) is 18.6 Å². The first-order chi connectivity index (χ1) is 6.90. The van der Waals surface area contributed by atoms with Gasteiger partial charge >= 0.3 is 0 Å². The van der Waals surface area contributed by atoms with Gasteiger partial charge in [-0.2, -0.15) is 0 Å². The van der Waals surface area contributed by atoms with Crippen LogP contribution in [0.25, 0.3) is 0 Å². The van der Waals surface area contributed by atoms with Crippen molar-refractivity contribution >= 4 is 0 Å². The number of hydrogen-bond donors (Lipinski definition) is 0. The SMILES string of the molecule is C/C=C\[C@@H]1CCC[C@H]1CC1OCCO1. The van der Waals surface area contributed by atoms with Crippen LogP contribution < -0.4 is 0 Å². The largest absolute Gasteiger partial charge is 0.350 e. The number of hydrogen-bond acceptors (Lipinski definition) is 2. The molecule has 0 spiro atoms. The van der Waals surface area contributed by atoms with Crippen LogP contribution in [-0.2, 0) is 9.47 Å². The molecule has 1 aliphatic heterocycles. The Morgan fingerprint density at radius 3 is 2.71 bits per heavy atom. The van der Waals surface area contributed by atoms with Gasteiger partial charge in [0, 0.05) is 6.42 Å². The Labute approximate surface area is 86.3 Å². The molecule has 1 heterocycles. The Balaban J connectivity index is 1.83. The van der Waals surface area contributed by atoms with E-state index in [4.69, 9.17) is 9.47 Å². The van der Waals surface area contributed by atoms with Gasteiger partial charge in [-0.15, -0.1) is 0 Å². The Morgan fingerprint density at radius 1 is 1.21 bits per heavy atom. The van der Waals surface area contributed by atoms with Crippen LogP contribution in [0, 0.1) is 11.8 Å². The quantitative estimate of drug-likeness (QED) is 0.646. The van der Waals surface area contributed by atoms with Gasteiger partial charge in [-0.05, 0) is 31.6 Å². The Morgan fingerprint density at radius 2 is 2.00 bits per heavy atom. The van der Waals surface area contributed by atoms with Crippen LogP contribution in [0.15, 0.2) is 12.2 Å². The second-order valence-corrected chi connectivity index (χ2v) is 4.29. The molecule has 1 saturated carbocycles. The Kier molecular flexibility index (Phi) is 3.60. The number of ether oxygens (including phenoxy) is 2. The molecule has 14 heavy (non-hydrogen) atoms. The standard InChI is InChI=1S/C12H20O2/c1-2-4-10-5-3-6-11(10)9-12-13-7-8-14-12/h2,4,10-12H,3,5-9H2,1H3/b4-2-/t10-,11+/m1/s1. The first kappa shape index (κ1) is 10.2. The van der Waals surface area contributed by atoms with Crippen molar-refractivity contribution in [2.75, 3.05) is 13.2 Å². The Hall–Kier alpha value is -0.340. The van der Waals surface area contributed by atoms with Gasteiger partial charge in [-0.25, -0.2) is 0 Å². The van der Waals surface area contributed by atoms with Gasteiger partial charge in [0.1, 0.15) is 0 Å². The predicted molar refractivity (Wildman–Crippen MR) is 56.0 cm³/mol. The first-order valence-electron chi connectivity index (χ1n) is 5.76. The average molecular weight is 196 g/mol. The lowest BCUT2D eigenvalue weighted by Gasteiger charge is -2.19. The van der Waals surface area contributed by atoms with E-state index < -0.39 is 0 Å². The molecule has 2 atom stereocenters. The molecule has 2 rings (SSSR count). The summed E-state index contributed by atoms with van der Waals surface area (Å²) in [6.07, 6.45) is 9.78. The summed E-state index contributed by atoms with van der Waals surface area (Å²) in [4.78, 5) is 0. The number of allylic oxidation sites excluding steroid dienone is 2. The second-order valence-electron chi connectivity index (χ2n) is 4.29. The zero-order valence-corrected chi connectivity index (χ0v) is 8.95. The molecule has 0 N–H and O–H groups in total. The topological polar surface area (TPSA) is 18.5 Å². The summed E-state index contributed by atoms with van der Waals surface area (Å²) >= 11 is 0. The highest BCUT2D eigenvalue weighted by molar-refractivity contribution is 4.93. The minimum absolute atomic E-state index is 0.0888. The van der Waals surface area contributed by atoms with Crippen molar-refractivity contribution in [3.8, 4) is 0 Å². The summed E-state index contributed by atoms with van der Waals surface area (Å²) in [5, 5.41) is 0. The van der Waals surface area contributed by atoms with Crippen LogP contribution in [0.5, 0.6) is 0 Å². The lowest BCUT2D eigenvalue weighted by molar-refractivity contribution is -0.0585. The maximum Gasteiger partial charge on any atom is 0.158 e. The van der Waals surface area contributed by atoms with Crippen molar-refractivity contribution in [3.05, 3.63) is 12.2 Å². The molecule has 2 heteroatoms. The van der Waals surface area contributed by atoms with E-state index in [-0.39, 0.29) is 6.29 Å².